The van der Waals surface area contributed by atoms with Crippen molar-refractivity contribution in [2.75, 3.05) is 6.54 Å². The number of rotatable bonds is 3. The fraction of sp³-hybridized carbons (Fsp3) is 0.188. The van der Waals surface area contributed by atoms with Gasteiger partial charge in [0.1, 0.15) is 23.0 Å². The number of benzene rings is 1. The zero-order valence-electron chi connectivity index (χ0n) is 13.9. The summed E-state index contributed by atoms with van der Waals surface area (Å²) in [5.41, 5.74) is -5.23. The Morgan fingerprint density at radius 1 is 1.36 bits per heavy atom. The van der Waals surface area contributed by atoms with Crippen LogP contribution in [0.4, 0.5) is 17.6 Å². The monoisotopic (exact) mass is 435 g/mol. The van der Waals surface area contributed by atoms with E-state index >= 15 is 0 Å². The Balaban J connectivity index is 2.77. The highest BCUT2D eigenvalue weighted by Gasteiger charge is 2.35. The summed E-state index contributed by atoms with van der Waals surface area (Å²) in [7, 11) is 0.781. The van der Waals surface area contributed by atoms with E-state index in [2.05, 4.69) is 5.92 Å². The van der Waals surface area contributed by atoms with E-state index in [1.165, 1.54) is 0 Å². The molecule has 0 atom stereocenters. The number of thiocarbonyl (C=S) groups is 1. The number of nitrogens with zero attached hydrogens (tertiary/aromatic N) is 3. The maximum Gasteiger partial charge on any atom is 0.431 e. The predicted molar refractivity (Wildman–Crippen MR) is 96.3 cm³/mol. The molecule has 0 fully saturated rings. The molecule has 0 spiro atoms. The third kappa shape index (κ3) is 3.94. The summed E-state index contributed by atoms with van der Waals surface area (Å²) >= 11 is 10.9. The Labute approximate surface area is 165 Å². The molecule has 12 heteroatoms. The molecule has 1 N–H and O–H groups in total. The molecule has 0 saturated heterocycles. The van der Waals surface area contributed by atoms with Crippen LogP contribution in [-0.4, -0.2) is 30.9 Å². The second-order valence-electron chi connectivity index (χ2n) is 5.39. The molecule has 0 aliphatic heterocycles. The van der Waals surface area contributed by atoms with E-state index in [9.17, 15) is 32.4 Å². The van der Waals surface area contributed by atoms with Gasteiger partial charge in [-0.05, 0) is 12.1 Å². The Morgan fingerprint density at radius 3 is 2.50 bits per heavy atom. The molecule has 0 aliphatic rings. The molecule has 0 amide bonds. The number of terminal acetylenes is 1. The predicted octanol–water partition coefficient (Wildman–Crippen LogP) is 2.35. The summed E-state index contributed by atoms with van der Waals surface area (Å²) in [6, 6.07) is 1.71. The lowest BCUT2D eigenvalue weighted by molar-refractivity contribution is -0.144. The minimum absolute atomic E-state index is 0.157. The van der Waals surface area contributed by atoms with Crippen molar-refractivity contribution in [1.82, 2.24) is 14.2 Å². The molecule has 2 rings (SSSR count). The van der Waals surface area contributed by atoms with Gasteiger partial charge >= 0.3 is 11.9 Å². The van der Waals surface area contributed by atoms with E-state index in [0.29, 0.717) is 11.1 Å². The Hall–Kier alpha value is -2.68. The zero-order valence-corrected chi connectivity index (χ0v) is 15.5. The summed E-state index contributed by atoms with van der Waals surface area (Å²) < 4.78 is 53.6. The smallest absolute Gasteiger partial charge is 0.292 e. The first-order valence-electron chi connectivity index (χ1n) is 7.24. The van der Waals surface area contributed by atoms with Crippen LogP contribution in [0.2, 0.25) is 5.02 Å². The van der Waals surface area contributed by atoms with Crippen LogP contribution >= 0.6 is 23.8 Å². The van der Waals surface area contributed by atoms with Crippen molar-refractivity contribution >= 4 is 28.8 Å². The first-order chi connectivity index (χ1) is 12.9. The molecule has 28 heavy (non-hydrogen) atoms. The van der Waals surface area contributed by atoms with E-state index < -0.39 is 34.6 Å². The van der Waals surface area contributed by atoms with Crippen LogP contribution in [0.3, 0.4) is 0 Å². The SMILES string of the molecule is C#CCN(O)C(=S)c1cc(-n2c(=O)cc(C(F)(F)F)n(C)c2=O)c(F)cc1Cl. The van der Waals surface area contributed by atoms with Gasteiger partial charge in [0.2, 0.25) is 0 Å². The Morgan fingerprint density at radius 2 is 1.96 bits per heavy atom. The van der Waals surface area contributed by atoms with Gasteiger partial charge in [-0.2, -0.15) is 13.2 Å². The van der Waals surface area contributed by atoms with Gasteiger partial charge in [0.05, 0.1) is 10.7 Å². The van der Waals surface area contributed by atoms with Crippen LogP contribution in [0.1, 0.15) is 11.3 Å². The number of hydroxylamine groups is 2. The highest BCUT2D eigenvalue weighted by atomic mass is 35.5. The quantitative estimate of drug-likeness (QED) is 0.347. The molecule has 148 valence electrons. The first kappa shape index (κ1) is 21.6. The molecule has 2 aromatic rings. The van der Waals surface area contributed by atoms with Gasteiger partial charge in [-0.25, -0.2) is 18.8 Å². The van der Waals surface area contributed by atoms with E-state index in [0.717, 1.165) is 13.1 Å². The molecule has 0 aliphatic carbocycles. The second kappa shape index (κ2) is 7.75. The van der Waals surface area contributed by atoms with Crippen molar-refractivity contribution in [3.8, 4) is 18.0 Å². The lowest BCUT2D eigenvalue weighted by atomic mass is 10.1. The van der Waals surface area contributed by atoms with Crippen LogP contribution in [0.5, 0.6) is 0 Å². The van der Waals surface area contributed by atoms with Crippen molar-refractivity contribution in [3.63, 3.8) is 0 Å². The number of hydrogen-bond donors (Lipinski definition) is 1. The van der Waals surface area contributed by atoms with E-state index in [4.69, 9.17) is 30.2 Å². The molecule has 6 nitrogen and oxygen atoms in total. The molecular weight excluding hydrogens is 426 g/mol. The van der Waals surface area contributed by atoms with Crippen LogP contribution in [0.25, 0.3) is 5.69 Å². The standard InChI is InChI=1S/C16H10ClF4N3O3S/c1-3-4-23(27)14(28)8-5-11(10(18)6-9(8)17)24-13(25)7-12(16(19,20)21)22(2)15(24)26/h1,5-7,27H,4H2,2H3. The van der Waals surface area contributed by atoms with E-state index in [-0.39, 0.29) is 37.3 Å². The van der Waals surface area contributed by atoms with Crippen molar-refractivity contribution in [1.29, 1.82) is 0 Å². The number of halogens is 5. The average Bonchev–Trinajstić information content (AvgIpc) is 2.58. The molecule has 0 unspecified atom stereocenters. The molecule has 0 radical (unpaired) electrons. The molecule has 1 aromatic carbocycles. The lowest BCUT2D eigenvalue weighted by Gasteiger charge is -2.18. The summed E-state index contributed by atoms with van der Waals surface area (Å²) in [4.78, 5) is 24.1. The summed E-state index contributed by atoms with van der Waals surface area (Å²) in [5.74, 6) is 0.928. The minimum atomic E-state index is -4.97. The fourth-order valence-corrected chi connectivity index (χ4v) is 2.82. The second-order valence-corrected chi connectivity index (χ2v) is 6.19. The van der Waals surface area contributed by atoms with Crippen LogP contribution in [-0.2, 0) is 13.2 Å². The summed E-state index contributed by atoms with van der Waals surface area (Å²) in [6.07, 6.45) is 0.0802. The molecule has 0 saturated carbocycles. The highest BCUT2D eigenvalue weighted by molar-refractivity contribution is 7.80. The molecule has 1 heterocycles. The van der Waals surface area contributed by atoms with Crippen LogP contribution in [0.15, 0.2) is 27.8 Å². The van der Waals surface area contributed by atoms with Gasteiger partial charge in [-0.15, -0.1) is 6.42 Å². The van der Waals surface area contributed by atoms with Crippen molar-refractivity contribution < 1.29 is 22.8 Å². The fourth-order valence-electron chi connectivity index (χ4n) is 2.29. The first-order valence-corrected chi connectivity index (χ1v) is 8.02. The average molecular weight is 436 g/mol. The number of hydrogen-bond acceptors (Lipinski definition) is 4. The third-order valence-corrected chi connectivity index (χ3v) is 4.34. The van der Waals surface area contributed by atoms with E-state index in [1.54, 1.807) is 0 Å². The van der Waals surface area contributed by atoms with Gasteiger partial charge in [-0.1, -0.05) is 29.7 Å². The maximum absolute atomic E-state index is 14.4. The lowest BCUT2D eigenvalue weighted by Crippen LogP contribution is -2.41. The molecule has 0 bridgehead atoms. The van der Waals surface area contributed by atoms with Gasteiger partial charge in [0.25, 0.3) is 5.56 Å². The normalized spacial score (nSPS) is 11.2. The molecular formula is C16H10ClF4N3O3S. The summed E-state index contributed by atoms with van der Waals surface area (Å²) in [6.45, 7) is -0.343. The summed E-state index contributed by atoms with van der Waals surface area (Å²) in [5, 5.41) is 9.90. The number of aromatic nitrogens is 2. The van der Waals surface area contributed by atoms with Crippen LogP contribution < -0.4 is 11.2 Å². The molecule has 1 aromatic heterocycles. The topological polar surface area (TPSA) is 67.5 Å². The zero-order chi connectivity index (χ0) is 21.4. The Kier molecular flexibility index (Phi) is 5.98. The van der Waals surface area contributed by atoms with Crippen molar-refractivity contribution in [3.05, 3.63) is 61.1 Å². The Bertz CT molecular complexity index is 1120. The van der Waals surface area contributed by atoms with Gasteiger partial charge in [0, 0.05) is 18.7 Å². The minimum Gasteiger partial charge on any atom is -0.292 e. The van der Waals surface area contributed by atoms with E-state index in [1.807, 2.05) is 0 Å². The van der Waals surface area contributed by atoms with Gasteiger partial charge in [0.15, 0.2) is 0 Å². The van der Waals surface area contributed by atoms with Crippen LogP contribution in [0, 0.1) is 18.2 Å². The van der Waals surface area contributed by atoms with Crippen molar-refractivity contribution in [2.45, 2.75) is 6.18 Å². The van der Waals surface area contributed by atoms with Crippen molar-refractivity contribution in [2.24, 2.45) is 7.05 Å². The maximum atomic E-state index is 14.4. The highest BCUT2D eigenvalue weighted by Crippen LogP contribution is 2.28. The third-order valence-electron chi connectivity index (χ3n) is 3.59. The van der Waals surface area contributed by atoms with Gasteiger partial charge in [-0.3, -0.25) is 14.6 Å². The largest absolute Gasteiger partial charge is 0.431 e. The number of alkyl halides is 3. The van der Waals surface area contributed by atoms with Gasteiger partial charge < -0.3 is 0 Å².